The van der Waals surface area contributed by atoms with Gasteiger partial charge in [0.15, 0.2) is 0 Å². The zero-order valence-corrected chi connectivity index (χ0v) is 10.1. The lowest BCUT2D eigenvalue weighted by atomic mass is 9.93. The fourth-order valence-electron chi connectivity index (χ4n) is 2.57. The average molecular weight is 225 g/mol. The zero-order valence-electron chi connectivity index (χ0n) is 10.1. The lowest BCUT2D eigenvalue weighted by molar-refractivity contribution is 0.133. The van der Waals surface area contributed by atoms with Gasteiger partial charge < -0.3 is 16.0 Å². The van der Waals surface area contributed by atoms with E-state index in [1.165, 1.54) is 12.8 Å². The Kier molecular flexibility index (Phi) is 3.69. The molecule has 0 aromatic carbocycles. The third-order valence-corrected chi connectivity index (χ3v) is 3.85. The van der Waals surface area contributed by atoms with Crippen LogP contribution in [-0.2, 0) is 0 Å². The van der Waals surface area contributed by atoms with E-state index in [0.717, 1.165) is 32.2 Å². The summed E-state index contributed by atoms with van der Waals surface area (Å²) in [6.45, 7) is 2.87. The van der Waals surface area contributed by atoms with Gasteiger partial charge in [0, 0.05) is 24.7 Å². The van der Waals surface area contributed by atoms with Gasteiger partial charge in [-0.1, -0.05) is 0 Å². The summed E-state index contributed by atoms with van der Waals surface area (Å²) in [6.07, 6.45) is 6.89. The fourth-order valence-corrected chi connectivity index (χ4v) is 2.57. The molecule has 0 aromatic heterocycles. The zero-order chi connectivity index (χ0) is 11.5. The number of carbonyl (C=O) groups excluding carboxylic acids is 1. The van der Waals surface area contributed by atoms with Crippen LogP contribution in [0.1, 0.15) is 45.4 Å². The molecule has 2 unspecified atom stereocenters. The van der Waals surface area contributed by atoms with E-state index < -0.39 is 0 Å². The summed E-state index contributed by atoms with van der Waals surface area (Å²) in [5, 5.41) is 3.10. The smallest absolute Gasteiger partial charge is 0.317 e. The topological polar surface area (TPSA) is 58.4 Å². The normalized spacial score (nSPS) is 28.4. The van der Waals surface area contributed by atoms with Crippen LogP contribution in [0, 0.1) is 0 Å². The van der Waals surface area contributed by atoms with E-state index in [2.05, 4.69) is 5.32 Å². The standard InChI is InChI=1S/C12H23N3O/c1-9(13)11-7-2-3-8-15(11)12(16)14-10-5-4-6-10/h9-11H,2-8,13H2,1H3,(H,14,16). The molecule has 4 nitrogen and oxygen atoms in total. The molecule has 2 atom stereocenters. The van der Waals surface area contributed by atoms with Gasteiger partial charge in [0.05, 0.1) is 0 Å². The van der Waals surface area contributed by atoms with E-state index in [0.29, 0.717) is 6.04 Å². The Morgan fingerprint density at radius 2 is 2.06 bits per heavy atom. The second-order valence-electron chi connectivity index (χ2n) is 5.19. The first-order valence-electron chi connectivity index (χ1n) is 6.51. The number of hydrogen-bond acceptors (Lipinski definition) is 2. The Labute approximate surface area is 97.6 Å². The molecule has 2 amide bonds. The Morgan fingerprint density at radius 3 is 2.62 bits per heavy atom. The molecule has 1 saturated carbocycles. The quantitative estimate of drug-likeness (QED) is 0.747. The number of piperidine rings is 1. The highest BCUT2D eigenvalue weighted by atomic mass is 16.2. The molecule has 1 heterocycles. The van der Waals surface area contributed by atoms with Gasteiger partial charge in [0.2, 0.25) is 0 Å². The predicted octanol–water partition coefficient (Wildman–Crippen LogP) is 1.45. The van der Waals surface area contributed by atoms with Crippen molar-refractivity contribution in [3.63, 3.8) is 0 Å². The Hall–Kier alpha value is -0.770. The molecule has 1 aliphatic heterocycles. The SMILES string of the molecule is CC(N)C1CCCCN1C(=O)NC1CCC1. The minimum atomic E-state index is 0.0763. The van der Waals surface area contributed by atoms with Crippen LogP contribution in [0.4, 0.5) is 4.79 Å². The Balaban J connectivity index is 1.90. The highest BCUT2D eigenvalue weighted by Gasteiger charge is 2.31. The van der Waals surface area contributed by atoms with Gasteiger partial charge in [-0.2, -0.15) is 0 Å². The maximum Gasteiger partial charge on any atom is 0.317 e. The van der Waals surface area contributed by atoms with Gasteiger partial charge in [-0.05, 0) is 45.4 Å². The lowest BCUT2D eigenvalue weighted by Crippen LogP contribution is -2.56. The molecule has 0 spiro atoms. The number of nitrogens with two attached hydrogens (primary N) is 1. The van der Waals surface area contributed by atoms with Crippen LogP contribution in [-0.4, -0.2) is 35.6 Å². The first kappa shape index (κ1) is 11.7. The van der Waals surface area contributed by atoms with E-state index in [1.807, 2.05) is 11.8 Å². The summed E-state index contributed by atoms with van der Waals surface area (Å²) in [4.78, 5) is 14.0. The summed E-state index contributed by atoms with van der Waals surface area (Å²) < 4.78 is 0. The monoisotopic (exact) mass is 225 g/mol. The molecule has 0 aromatic rings. The van der Waals surface area contributed by atoms with Crippen molar-refractivity contribution in [2.45, 2.75) is 63.6 Å². The molecule has 92 valence electrons. The molecule has 2 aliphatic rings. The molecule has 4 heteroatoms. The molecule has 1 aliphatic carbocycles. The molecule has 2 rings (SSSR count). The highest BCUT2D eigenvalue weighted by Crippen LogP contribution is 2.22. The van der Waals surface area contributed by atoms with Crippen LogP contribution >= 0.6 is 0 Å². The molecule has 3 N–H and O–H groups in total. The Morgan fingerprint density at radius 1 is 1.31 bits per heavy atom. The molecule has 16 heavy (non-hydrogen) atoms. The molecule has 2 fully saturated rings. The molecule has 0 bridgehead atoms. The Bertz CT molecular complexity index is 251. The number of nitrogens with zero attached hydrogens (tertiary/aromatic N) is 1. The second-order valence-corrected chi connectivity index (χ2v) is 5.19. The van der Waals surface area contributed by atoms with Crippen molar-refractivity contribution in [1.29, 1.82) is 0 Å². The van der Waals surface area contributed by atoms with E-state index >= 15 is 0 Å². The second kappa shape index (κ2) is 5.04. The van der Waals surface area contributed by atoms with Crippen molar-refractivity contribution in [3.05, 3.63) is 0 Å². The van der Waals surface area contributed by atoms with Crippen LogP contribution in [0.5, 0.6) is 0 Å². The minimum Gasteiger partial charge on any atom is -0.335 e. The van der Waals surface area contributed by atoms with E-state index in [1.54, 1.807) is 0 Å². The molecule has 1 saturated heterocycles. The number of urea groups is 1. The van der Waals surface area contributed by atoms with E-state index in [4.69, 9.17) is 5.73 Å². The first-order valence-corrected chi connectivity index (χ1v) is 6.51. The van der Waals surface area contributed by atoms with Crippen molar-refractivity contribution < 1.29 is 4.79 Å². The van der Waals surface area contributed by atoms with Crippen molar-refractivity contribution in [3.8, 4) is 0 Å². The number of likely N-dealkylation sites (tertiary alicyclic amines) is 1. The average Bonchev–Trinajstić information content (AvgIpc) is 2.23. The molecular formula is C12H23N3O. The number of rotatable bonds is 2. The largest absolute Gasteiger partial charge is 0.335 e. The van der Waals surface area contributed by atoms with Gasteiger partial charge >= 0.3 is 6.03 Å². The van der Waals surface area contributed by atoms with Crippen molar-refractivity contribution in [1.82, 2.24) is 10.2 Å². The van der Waals surface area contributed by atoms with Crippen molar-refractivity contribution in [2.75, 3.05) is 6.54 Å². The first-order chi connectivity index (χ1) is 7.68. The van der Waals surface area contributed by atoms with Gasteiger partial charge in [-0.15, -0.1) is 0 Å². The summed E-state index contributed by atoms with van der Waals surface area (Å²) in [5.74, 6) is 0. The molecular weight excluding hydrogens is 202 g/mol. The number of carbonyl (C=O) groups is 1. The van der Waals surface area contributed by atoms with Crippen LogP contribution < -0.4 is 11.1 Å². The molecule has 0 radical (unpaired) electrons. The highest BCUT2D eigenvalue weighted by molar-refractivity contribution is 5.75. The van der Waals surface area contributed by atoms with Gasteiger partial charge in [-0.3, -0.25) is 0 Å². The van der Waals surface area contributed by atoms with Crippen molar-refractivity contribution in [2.24, 2.45) is 5.73 Å². The maximum atomic E-state index is 12.1. The van der Waals surface area contributed by atoms with Crippen molar-refractivity contribution >= 4 is 6.03 Å². The van der Waals surface area contributed by atoms with E-state index in [-0.39, 0.29) is 18.1 Å². The third-order valence-electron chi connectivity index (χ3n) is 3.85. The van der Waals surface area contributed by atoms with Gasteiger partial charge in [0.1, 0.15) is 0 Å². The summed E-state index contributed by atoms with van der Waals surface area (Å²) in [6, 6.07) is 0.830. The van der Waals surface area contributed by atoms with E-state index in [9.17, 15) is 4.79 Å². The van der Waals surface area contributed by atoms with Crippen LogP contribution in [0.15, 0.2) is 0 Å². The third kappa shape index (κ3) is 2.48. The van der Waals surface area contributed by atoms with Crippen LogP contribution in [0.2, 0.25) is 0 Å². The summed E-state index contributed by atoms with van der Waals surface area (Å²) in [5.41, 5.74) is 5.95. The van der Waals surface area contributed by atoms with Crippen LogP contribution in [0.3, 0.4) is 0 Å². The fraction of sp³-hybridized carbons (Fsp3) is 0.917. The number of amides is 2. The minimum absolute atomic E-state index is 0.0763. The van der Waals surface area contributed by atoms with Gasteiger partial charge in [-0.25, -0.2) is 4.79 Å². The van der Waals surface area contributed by atoms with Crippen LogP contribution in [0.25, 0.3) is 0 Å². The summed E-state index contributed by atoms with van der Waals surface area (Å²) >= 11 is 0. The summed E-state index contributed by atoms with van der Waals surface area (Å²) in [7, 11) is 0. The lowest BCUT2D eigenvalue weighted by Gasteiger charge is -2.39. The number of nitrogens with one attached hydrogen (secondary N) is 1. The van der Waals surface area contributed by atoms with Gasteiger partial charge in [0.25, 0.3) is 0 Å². The maximum absolute atomic E-state index is 12.1. The predicted molar refractivity (Wildman–Crippen MR) is 64.2 cm³/mol. The number of hydrogen-bond donors (Lipinski definition) is 2.